The van der Waals surface area contributed by atoms with Gasteiger partial charge >= 0.3 is 5.97 Å². The Morgan fingerprint density at radius 1 is 0.909 bits per heavy atom. The SMILES string of the molecule is CCCCC[C@@H](O)[C@@H](O)C/C=C\CCCCCCCC(=O)O. The number of carboxylic acids is 1. The summed E-state index contributed by atoms with van der Waals surface area (Å²) in [4.78, 5) is 10.3. The van der Waals surface area contributed by atoms with Crippen molar-refractivity contribution in [2.45, 2.75) is 96.2 Å². The van der Waals surface area contributed by atoms with Gasteiger partial charge in [0.15, 0.2) is 0 Å². The maximum absolute atomic E-state index is 10.3. The van der Waals surface area contributed by atoms with Crippen LogP contribution in [0.25, 0.3) is 0 Å². The number of unbranched alkanes of at least 4 members (excludes halogenated alkanes) is 7. The lowest BCUT2D eigenvalue weighted by atomic mass is 10.0. The topological polar surface area (TPSA) is 77.8 Å². The standard InChI is InChI=1S/C18H34O4/c1-2-3-10-13-16(19)17(20)14-11-8-6-4-5-7-9-12-15-18(21)22/h8,11,16-17,19-20H,2-7,9-10,12-15H2,1H3,(H,21,22)/b11-8-/t16-,17+/m1/s1. The first kappa shape index (κ1) is 21.1. The van der Waals surface area contributed by atoms with Crippen LogP contribution in [0.1, 0.15) is 84.0 Å². The fraction of sp³-hybridized carbons (Fsp3) is 0.833. The van der Waals surface area contributed by atoms with Crippen molar-refractivity contribution in [2.75, 3.05) is 0 Å². The highest BCUT2D eigenvalue weighted by Crippen LogP contribution is 2.11. The zero-order valence-corrected chi connectivity index (χ0v) is 14.0. The second-order valence-corrected chi connectivity index (χ2v) is 6.04. The highest BCUT2D eigenvalue weighted by molar-refractivity contribution is 5.66. The molecular formula is C18H34O4. The summed E-state index contributed by atoms with van der Waals surface area (Å²) in [6, 6.07) is 0. The lowest BCUT2D eigenvalue weighted by Gasteiger charge is -2.15. The van der Waals surface area contributed by atoms with Crippen LogP contribution in [-0.4, -0.2) is 33.5 Å². The van der Waals surface area contributed by atoms with Crippen molar-refractivity contribution >= 4 is 5.97 Å². The summed E-state index contributed by atoms with van der Waals surface area (Å²) in [5.74, 6) is -0.710. The molecule has 2 atom stereocenters. The Morgan fingerprint density at radius 3 is 2.27 bits per heavy atom. The lowest BCUT2D eigenvalue weighted by Crippen LogP contribution is -2.25. The van der Waals surface area contributed by atoms with E-state index in [1.807, 2.05) is 6.08 Å². The zero-order valence-electron chi connectivity index (χ0n) is 14.0. The van der Waals surface area contributed by atoms with E-state index in [0.29, 0.717) is 12.8 Å². The van der Waals surface area contributed by atoms with Crippen molar-refractivity contribution in [1.82, 2.24) is 0 Å². The van der Waals surface area contributed by atoms with Crippen molar-refractivity contribution in [3.8, 4) is 0 Å². The summed E-state index contributed by atoms with van der Waals surface area (Å²) in [5, 5.41) is 28.1. The number of allylic oxidation sites excluding steroid dienone is 1. The number of carbonyl (C=O) groups is 1. The normalized spacial score (nSPS) is 14.3. The quantitative estimate of drug-likeness (QED) is 0.315. The largest absolute Gasteiger partial charge is 0.481 e. The molecule has 0 aromatic carbocycles. The smallest absolute Gasteiger partial charge is 0.303 e. The van der Waals surface area contributed by atoms with Crippen LogP contribution in [0.3, 0.4) is 0 Å². The van der Waals surface area contributed by atoms with Crippen LogP contribution in [0.4, 0.5) is 0 Å². The van der Waals surface area contributed by atoms with Crippen LogP contribution in [0.2, 0.25) is 0 Å². The average Bonchev–Trinajstić information content (AvgIpc) is 2.48. The Labute approximate surface area is 135 Å². The number of rotatable bonds is 15. The molecule has 0 saturated heterocycles. The van der Waals surface area contributed by atoms with Gasteiger partial charge in [-0.25, -0.2) is 0 Å². The second kappa shape index (κ2) is 15.0. The maximum Gasteiger partial charge on any atom is 0.303 e. The molecule has 22 heavy (non-hydrogen) atoms. The summed E-state index contributed by atoms with van der Waals surface area (Å²) in [7, 11) is 0. The predicted octanol–water partition coefficient (Wildman–Crippen LogP) is 4.05. The fourth-order valence-corrected chi connectivity index (χ4v) is 2.38. The molecular weight excluding hydrogens is 280 g/mol. The van der Waals surface area contributed by atoms with Crippen molar-refractivity contribution in [3.05, 3.63) is 12.2 Å². The van der Waals surface area contributed by atoms with Gasteiger partial charge in [0.25, 0.3) is 0 Å². The molecule has 0 aliphatic rings. The van der Waals surface area contributed by atoms with Gasteiger partial charge in [0.1, 0.15) is 0 Å². The van der Waals surface area contributed by atoms with E-state index in [-0.39, 0.29) is 6.42 Å². The molecule has 3 N–H and O–H groups in total. The molecule has 130 valence electrons. The number of aliphatic hydroxyl groups is 2. The Balaban J connectivity index is 3.43. The molecule has 0 unspecified atom stereocenters. The molecule has 0 aliphatic carbocycles. The van der Waals surface area contributed by atoms with Gasteiger partial charge in [0.05, 0.1) is 12.2 Å². The Kier molecular flexibility index (Phi) is 14.4. The number of carboxylic acid groups (broad SMARTS) is 1. The van der Waals surface area contributed by atoms with Crippen LogP contribution in [0.5, 0.6) is 0 Å². The van der Waals surface area contributed by atoms with Gasteiger partial charge in [0.2, 0.25) is 0 Å². The predicted molar refractivity (Wildman–Crippen MR) is 89.9 cm³/mol. The molecule has 0 radical (unpaired) electrons. The first-order chi connectivity index (χ1) is 10.6. The van der Waals surface area contributed by atoms with E-state index < -0.39 is 18.2 Å². The van der Waals surface area contributed by atoms with E-state index in [9.17, 15) is 15.0 Å². The molecule has 0 aliphatic heterocycles. The summed E-state index contributed by atoms with van der Waals surface area (Å²) >= 11 is 0. The Hall–Kier alpha value is -0.870. The van der Waals surface area contributed by atoms with Gasteiger partial charge in [-0.05, 0) is 32.1 Å². The number of aliphatic hydroxyl groups excluding tert-OH is 2. The molecule has 0 amide bonds. The third-order valence-corrected chi connectivity index (χ3v) is 3.85. The zero-order chi connectivity index (χ0) is 16.6. The van der Waals surface area contributed by atoms with Crippen LogP contribution in [0, 0.1) is 0 Å². The maximum atomic E-state index is 10.3. The minimum Gasteiger partial charge on any atom is -0.481 e. The van der Waals surface area contributed by atoms with E-state index in [2.05, 4.69) is 13.0 Å². The third kappa shape index (κ3) is 14.1. The van der Waals surface area contributed by atoms with Crippen molar-refractivity contribution in [3.63, 3.8) is 0 Å². The Morgan fingerprint density at radius 2 is 1.59 bits per heavy atom. The van der Waals surface area contributed by atoms with Gasteiger partial charge < -0.3 is 15.3 Å². The van der Waals surface area contributed by atoms with Crippen molar-refractivity contribution in [2.24, 2.45) is 0 Å². The summed E-state index contributed by atoms with van der Waals surface area (Å²) < 4.78 is 0. The summed E-state index contributed by atoms with van der Waals surface area (Å²) in [6.45, 7) is 2.12. The number of hydrogen-bond donors (Lipinski definition) is 3. The molecule has 0 saturated carbocycles. The van der Waals surface area contributed by atoms with E-state index >= 15 is 0 Å². The van der Waals surface area contributed by atoms with Gasteiger partial charge in [-0.15, -0.1) is 0 Å². The molecule has 0 fully saturated rings. The highest BCUT2D eigenvalue weighted by atomic mass is 16.4. The van der Waals surface area contributed by atoms with Crippen LogP contribution >= 0.6 is 0 Å². The molecule has 4 heteroatoms. The molecule has 0 rings (SSSR count). The molecule has 0 spiro atoms. The molecule has 0 bridgehead atoms. The Bertz CT molecular complexity index is 289. The third-order valence-electron chi connectivity index (χ3n) is 3.85. The fourth-order valence-electron chi connectivity index (χ4n) is 2.38. The van der Waals surface area contributed by atoms with E-state index in [1.165, 1.54) is 0 Å². The first-order valence-electron chi connectivity index (χ1n) is 8.80. The highest BCUT2D eigenvalue weighted by Gasteiger charge is 2.13. The van der Waals surface area contributed by atoms with Gasteiger partial charge in [-0.1, -0.05) is 57.6 Å². The van der Waals surface area contributed by atoms with Gasteiger partial charge in [-0.3, -0.25) is 4.79 Å². The molecule has 0 aromatic rings. The second-order valence-electron chi connectivity index (χ2n) is 6.04. The first-order valence-corrected chi connectivity index (χ1v) is 8.80. The minimum atomic E-state index is -0.710. The monoisotopic (exact) mass is 314 g/mol. The summed E-state index contributed by atoms with van der Waals surface area (Å²) in [5.41, 5.74) is 0. The van der Waals surface area contributed by atoms with Crippen LogP contribution < -0.4 is 0 Å². The minimum absolute atomic E-state index is 0.276. The average molecular weight is 314 g/mol. The van der Waals surface area contributed by atoms with E-state index in [1.54, 1.807) is 0 Å². The van der Waals surface area contributed by atoms with Gasteiger partial charge in [-0.2, -0.15) is 0 Å². The van der Waals surface area contributed by atoms with Crippen molar-refractivity contribution < 1.29 is 20.1 Å². The van der Waals surface area contributed by atoms with Gasteiger partial charge in [0, 0.05) is 6.42 Å². The molecule has 0 heterocycles. The van der Waals surface area contributed by atoms with E-state index in [4.69, 9.17) is 5.11 Å². The molecule has 0 aromatic heterocycles. The van der Waals surface area contributed by atoms with E-state index in [0.717, 1.165) is 57.8 Å². The lowest BCUT2D eigenvalue weighted by molar-refractivity contribution is -0.137. The summed E-state index contributed by atoms with van der Waals surface area (Å²) in [6.07, 6.45) is 13.5. The van der Waals surface area contributed by atoms with Crippen LogP contribution in [-0.2, 0) is 4.79 Å². The van der Waals surface area contributed by atoms with Crippen LogP contribution in [0.15, 0.2) is 12.2 Å². The number of hydrogen-bond acceptors (Lipinski definition) is 3. The number of aliphatic carboxylic acids is 1. The van der Waals surface area contributed by atoms with Crippen molar-refractivity contribution in [1.29, 1.82) is 0 Å². The molecule has 4 nitrogen and oxygen atoms in total.